The van der Waals surface area contributed by atoms with E-state index in [9.17, 15) is 4.79 Å². The molecule has 1 fully saturated rings. The van der Waals surface area contributed by atoms with Crippen molar-refractivity contribution < 1.29 is 18.7 Å². The number of carbonyl (C=O) groups is 1. The van der Waals surface area contributed by atoms with Gasteiger partial charge in [-0.2, -0.15) is 0 Å². The number of carbonyl (C=O) groups excluding carboxylic acids is 1. The van der Waals surface area contributed by atoms with Gasteiger partial charge in [0.25, 0.3) is 0 Å². The smallest absolute Gasteiger partial charge is 0.246 e. The Morgan fingerprint density at radius 1 is 1.16 bits per heavy atom. The summed E-state index contributed by atoms with van der Waals surface area (Å²) in [5, 5.41) is 3.56. The molecule has 1 amide bonds. The van der Waals surface area contributed by atoms with Crippen molar-refractivity contribution in [1.82, 2.24) is 29.2 Å². The summed E-state index contributed by atoms with van der Waals surface area (Å²) >= 11 is 0. The highest BCUT2D eigenvalue weighted by Crippen LogP contribution is 2.42. The molecular weight excluding hydrogens is 575 g/mol. The van der Waals surface area contributed by atoms with Crippen molar-refractivity contribution in [2.75, 3.05) is 57.1 Å². The lowest BCUT2D eigenvalue weighted by atomic mass is 10.1. The van der Waals surface area contributed by atoms with E-state index in [1.165, 1.54) is 6.33 Å². The van der Waals surface area contributed by atoms with Gasteiger partial charge in [0.05, 0.1) is 16.9 Å². The van der Waals surface area contributed by atoms with Crippen LogP contribution in [0.25, 0.3) is 16.6 Å². The monoisotopic (exact) mass is 608 g/mol. The molecule has 5 aromatic rings. The van der Waals surface area contributed by atoms with Crippen LogP contribution in [-0.2, 0) is 4.79 Å². The fourth-order valence-corrected chi connectivity index (χ4v) is 5.84. The summed E-state index contributed by atoms with van der Waals surface area (Å²) in [4.78, 5) is 31.8. The van der Waals surface area contributed by atoms with Crippen molar-refractivity contribution in [3.05, 3.63) is 84.8 Å². The molecule has 1 unspecified atom stereocenters. The molecule has 7 rings (SSSR count). The van der Waals surface area contributed by atoms with Gasteiger partial charge in [-0.05, 0) is 50.8 Å². The van der Waals surface area contributed by atoms with Crippen molar-refractivity contribution >= 4 is 39.6 Å². The molecule has 11 nitrogen and oxygen atoms in total. The summed E-state index contributed by atoms with van der Waals surface area (Å²) in [6.45, 7) is 4.30. The zero-order valence-corrected chi connectivity index (χ0v) is 25.3. The third-order valence-electron chi connectivity index (χ3n) is 8.08. The minimum Gasteiger partial charge on any atom is -0.489 e. The first-order valence-electron chi connectivity index (χ1n) is 14.8. The Labute approximate surface area is 259 Å². The highest BCUT2D eigenvalue weighted by Gasteiger charge is 2.36. The highest BCUT2D eigenvalue weighted by atomic mass is 19.1. The lowest BCUT2D eigenvalue weighted by Crippen LogP contribution is -2.56. The Hall–Kier alpha value is -5.23. The normalized spacial score (nSPS) is 16.2. The molecule has 1 atom stereocenters. The quantitative estimate of drug-likeness (QED) is 0.262. The van der Waals surface area contributed by atoms with E-state index in [1.54, 1.807) is 18.3 Å². The number of fused-ring (bicyclic) bond motifs is 6. The molecule has 3 aromatic heterocycles. The van der Waals surface area contributed by atoms with Crippen LogP contribution in [0.5, 0.6) is 17.2 Å². The third kappa shape index (κ3) is 5.60. The molecule has 2 bridgehead atoms. The van der Waals surface area contributed by atoms with Crippen molar-refractivity contribution in [3.8, 4) is 17.2 Å². The van der Waals surface area contributed by atoms with Crippen molar-refractivity contribution in [2.45, 2.75) is 13.0 Å². The van der Waals surface area contributed by atoms with Gasteiger partial charge in [-0.15, -0.1) is 0 Å². The van der Waals surface area contributed by atoms with Gasteiger partial charge < -0.3 is 33.9 Å². The van der Waals surface area contributed by atoms with Crippen LogP contribution >= 0.6 is 0 Å². The average molecular weight is 609 g/mol. The lowest BCUT2D eigenvalue weighted by Gasteiger charge is -2.39. The van der Waals surface area contributed by atoms with Crippen LogP contribution < -0.4 is 19.7 Å². The van der Waals surface area contributed by atoms with E-state index in [0.29, 0.717) is 60.4 Å². The maximum Gasteiger partial charge on any atom is 0.246 e. The number of likely N-dealkylation sites (N-methyl/N-ethyl adjacent to an activating group) is 1. The fraction of sp³-hybridized carbons (Fsp3) is 0.273. The van der Waals surface area contributed by atoms with Gasteiger partial charge >= 0.3 is 0 Å². The van der Waals surface area contributed by atoms with Gasteiger partial charge in [0.1, 0.15) is 47.3 Å². The second kappa shape index (κ2) is 11.7. The summed E-state index contributed by atoms with van der Waals surface area (Å²) in [7, 11) is 3.90. The van der Waals surface area contributed by atoms with Gasteiger partial charge in [-0.1, -0.05) is 6.08 Å². The van der Waals surface area contributed by atoms with Crippen LogP contribution in [-0.4, -0.2) is 88.0 Å². The number of anilines is 3. The van der Waals surface area contributed by atoms with Gasteiger partial charge in [0.2, 0.25) is 5.91 Å². The minimum absolute atomic E-state index is 0.0650. The molecule has 2 aliphatic rings. The molecule has 0 saturated carbocycles. The average Bonchev–Trinajstić information content (AvgIpc) is 3.44. The van der Waals surface area contributed by atoms with Gasteiger partial charge in [0.15, 0.2) is 5.82 Å². The number of pyridine rings is 1. The molecule has 1 N–H and O–H groups in total. The summed E-state index contributed by atoms with van der Waals surface area (Å²) in [5.41, 5.74) is 3.20. The van der Waals surface area contributed by atoms with E-state index < -0.39 is 5.82 Å². The van der Waals surface area contributed by atoms with Crippen molar-refractivity contribution in [2.24, 2.45) is 0 Å². The Kier molecular flexibility index (Phi) is 7.42. The van der Waals surface area contributed by atoms with E-state index in [1.807, 2.05) is 88.9 Å². The molecule has 1 saturated heterocycles. The number of piperazine rings is 1. The Morgan fingerprint density at radius 3 is 2.89 bits per heavy atom. The second-order valence-corrected chi connectivity index (χ2v) is 11.5. The maximum atomic E-state index is 16.5. The highest BCUT2D eigenvalue weighted by molar-refractivity contribution is 5.96. The minimum atomic E-state index is -0.456. The van der Waals surface area contributed by atoms with Gasteiger partial charge in [0, 0.05) is 68.7 Å². The number of hydrogen-bond acceptors (Lipinski definition) is 9. The van der Waals surface area contributed by atoms with Crippen LogP contribution in [0.4, 0.5) is 21.6 Å². The number of benzene rings is 2. The predicted molar refractivity (Wildman–Crippen MR) is 170 cm³/mol. The maximum absolute atomic E-state index is 16.5. The molecule has 5 heterocycles. The first kappa shape index (κ1) is 28.5. The van der Waals surface area contributed by atoms with E-state index >= 15 is 4.39 Å². The number of ether oxygens (including phenoxy) is 2. The number of halogens is 1. The van der Waals surface area contributed by atoms with Crippen LogP contribution in [0.3, 0.4) is 0 Å². The summed E-state index contributed by atoms with van der Waals surface area (Å²) in [5.74, 6) is 1.61. The number of imidazole rings is 1. The van der Waals surface area contributed by atoms with Crippen LogP contribution in [0.15, 0.2) is 73.5 Å². The number of hydrogen-bond donors (Lipinski definition) is 1. The van der Waals surface area contributed by atoms with Crippen molar-refractivity contribution in [1.29, 1.82) is 0 Å². The molecule has 0 aliphatic carbocycles. The standard InChI is InChI=1S/C33H33FN8O3/c1-21-15-22(6-7-26(21)45-24-8-11-40-12-9-35-28(40)16-24)38-33-30-25(36-20-37-33)17-27-32(31(30)34)41-13-14-42(23(18-41)19-44-27)29(43)5-4-10-39(2)3/h4-9,11-12,15-17,20,23H,10,13-14,18-19H2,1-3H3,(H,36,37,38)/b5-4+. The number of amides is 1. The molecule has 0 spiro atoms. The topological polar surface area (TPSA) is 100 Å². The van der Waals surface area contributed by atoms with Gasteiger partial charge in [-0.3, -0.25) is 4.79 Å². The Balaban J connectivity index is 1.13. The lowest BCUT2D eigenvalue weighted by molar-refractivity contribution is -0.129. The zero-order chi connectivity index (χ0) is 31.1. The molecule has 12 heteroatoms. The molecule has 0 radical (unpaired) electrons. The van der Waals surface area contributed by atoms with Crippen LogP contribution in [0.1, 0.15) is 5.56 Å². The zero-order valence-electron chi connectivity index (χ0n) is 25.3. The Bertz CT molecular complexity index is 1940. The third-order valence-corrected chi connectivity index (χ3v) is 8.08. The SMILES string of the molecule is Cc1cc(Nc2ncnc3cc4c(c(F)c23)N2CCN(C(=O)/C=C/CN(C)C)C(CO4)C2)ccc1Oc1ccn2ccnc2c1. The fourth-order valence-electron chi connectivity index (χ4n) is 5.84. The molecule has 2 aromatic carbocycles. The molecule has 230 valence electrons. The van der Waals surface area contributed by atoms with Crippen molar-refractivity contribution in [3.63, 3.8) is 0 Å². The first-order chi connectivity index (χ1) is 21.8. The number of nitrogens with zero attached hydrogens (tertiary/aromatic N) is 7. The number of aromatic nitrogens is 4. The molecular formula is C33H33FN8O3. The van der Waals surface area contributed by atoms with E-state index in [-0.39, 0.29) is 23.9 Å². The van der Waals surface area contributed by atoms with Gasteiger partial charge in [-0.25, -0.2) is 19.3 Å². The number of aryl methyl sites for hydroxylation is 1. The predicted octanol–water partition coefficient (Wildman–Crippen LogP) is 4.79. The van der Waals surface area contributed by atoms with Crippen LogP contribution in [0.2, 0.25) is 0 Å². The van der Waals surface area contributed by atoms with E-state index in [0.717, 1.165) is 16.9 Å². The molecule has 2 aliphatic heterocycles. The van der Waals surface area contributed by atoms with E-state index in [2.05, 4.69) is 20.3 Å². The largest absolute Gasteiger partial charge is 0.489 e. The van der Waals surface area contributed by atoms with Crippen LogP contribution in [0, 0.1) is 12.7 Å². The summed E-state index contributed by atoms with van der Waals surface area (Å²) in [6.07, 6.45) is 10.4. The Morgan fingerprint density at radius 2 is 2.04 bits per heavy atom. The first-order valence-corrected chi connectivity index (χ1v) is 14.8. The van der Waals surface area contributed by atoms with E-state index in [4.69, 9.17) is 9.47 Å². The molecule has 45 heavy (non-hydrogen) atoms. The number of rotatable bonds is 7. The summed E-state index contributed by atoms with van der Waals surface area (Å²) in [6, 6.07) is 11.0. The number of nitrogens with one attached hydrogen (secondary N) is 1. The summed E-state index contributed by atoms with van der Waals surface area (Å²) < 4.78 is 30.7. The second-order valence-electron chi connectivity index (χ2n) is 11.5.